The van der Waals surface area contributed by atoms with E-state index in [2.05, 4.69) is 41.6 Å². The molecule has 0 spiro atoms. The Labute approximate surface area is 194 Å². The van der Waals surface area contributed by atoms with Gasteiger partial charge in [-0.3, -0.25) is 9.89 Å². The number of rotatable bonds is 9. The number of hydrogen-bond acceptors (Lipinski definition) is 5. The highest BCUT2D eigenvalue weighted by molar-refractivity contribution is 14.0. The smallest absolute Gasteiger partial charge is 0.407 e. The van der Waals surface area contributed by atoms with E-state index in [9.17, 15) is 4.79 Å². The number of nitrogens with one attached hydrogen (secondary N) is 3. The summed E-state index contributed by atoms with van der Waals surface area (Å²) in [5.41, 5.74) is -0.472. The van der Waals surface area contributed by atoms with E-state index in [0.29, 0.717) is 18.5 Å². The second-order valence-electron chi connectivity index (χ2n) is 8.39. The number of halogens is 1. The predicted octanol–water partition coefficient (Wildman–Crippen LogP) is 2.43. The molecule has 1 unspecified atom stereocenters. The lowest BCUT2D eigenvalue weighted by molar-refractivity contribution is 0.00867. The molecule has 0 radical (unpaired) electrons. The lowest BCUT2D eigenvalue weighted by Crippen LogP contribution is -2.48. The molecule has 1 fully saturated rings. The van der Waals surface area contributed by atoms with E-state index >= 15 is 0 Å². The zero-order chi connectivity index (χ0) is 21.0. The molecule has 1 rings (SSSR count). The highest BCUT2D eigenvalue weighted by Gasteiger charge is 2.23. The molecule has 3 N–H and O–H groups in total. The Morgan fingerprint density at radius 1 is 1.14 bits per heavy atom. The van der Waals surface area contributed by atoms with Crippen LogP contribution in [0.15, 0.2) is 4.99 Å². The van der Waals surface area contributed by atoms with Crippen LogP contribution in [0.1, 0.15) is 48.0 Å². The summed E-state index contributed by atoms with van der Waals surface area (Å²) in [4.78, 5) is 18.9. The van der Waals surface area contributed by atoms with E-state index in [1.165, 1.54) is 0 Å². The van der Waals surface area contributed by atoms with Gasteiger partial charge in [-0.05, 0) is 40.0 Å². The van der Waals surface area contributed by atoms with Crippen molar-refractivity contribution in [1.29, 1.82) is 0 Å². The summed E-state index contributed by atoms with van der Waals surface area (Å²) in [6.45, 7) is 18.5. The second-order valence-corrected chi connectivity index (χ2v) is 8.39. The van der Waals surface area contributed by atoms with Crippen LogP contribution in [0.2, 0.25) is 0 Å². The van der Waals surface area contributed by atoms with E-state index in [-0.39, 0.29) is 30.1 Å². The third-order valence-corrected chi connectivity index (χ3v) is 4.38. The first-order valence-electron chi connectivity index (χ1n) is 10.5. The molecule has 0 saturated carbocycles. The van der Waals surface area contributed by atoms with Crippen LogP contribution >= 0.6 is 24.0 Å². The summed E-state index contributed by atoms with van der Waals surface area (Å²) in [5.74, 6) is 1.35. The maximum absolute atomic E-state index is 11.6. The average Bonchev–Trinajstić information content (AvgIpc) is 2.60. The first-order valence-corrected chi connectivity index (χ1v) is 10.5. The van der Waals surface area contributed by atoms with Crippen LogP contribution in [0.25, 0.3) is 0 Å². The fourth-order valence-corrected chi connectivity index (χ4v) is 2.98. The Hall–Kier alpha value is -0.810. The summed E-state index contributed by atoms with van der Waals surface area (Å²) in [7, 11) is 0. The summed E-state index contributed by atoms with van der Waals surface area (Å²) in [6.07, 6.45) is 0.416. The fraction of sp³-hybridized carbons (Fsp3) is 0.900. The minimum absolute atomic E-state index is 0. The number of alkyl carbamates (subject to hydrolysis) is 1. The Morgan fingerprint density at radius 3 is 2.31 bits per heavy atom. The molecule has 0 aromatic carbocycles. The van der Waals surface area contributed by atoms with Gasteiger partial charge < -0.3 is 25.4 Å². The second kappa shape index (κ2) is 15.1. The number of morpholine rings is 1. The molecule has 1 aliphatic heterocycles. The molecular weight excluding hydrogens is 485 g/mol. The quantitative estimate of drug-likeness (QED) is 0.185. The molecule has 1 saturated heterocycles. The van der Waals surface area contributed by atoms with Gasteiger partial charge in [0, 0.05) is 38.8 Å². The number of ether oxygens (including phenoxy) is 2. The van der Waals surface area contributed by atoms with Crippen LogP contribution in [-0.2, 0) is 9.47 Å². The van der Waals surface area contributed by atoms with Gasteiger partial charge in [-0.1, -0.05) is 13.8 Å². The Balaban J connectivity index is 0.00000784. The normalized spacial score (nSPS) is 16.7. The van der Waals surface area contributed by atoms with E-state index in [0.717, 1.165) is 58.3 Å². The molecule has 1 aliphatic rings. The Kier molecular flexibility index (Phi) is 14.6. The Bertz CT molecular complexity index is 477. The highest BCUT2D eigenvalue weighted by atomic mass is 127. The lowest BCUT2D eigenvalue weighted by Gasteiger charge is -2.36. The molecule has 1 atom stereocenters. The standard InChI is InChI=1S/C20H41N5O3.HI/c1-7-21-18(22-9-8-10-23-19(26)28-20(4,5)6)24-15-17(16(2)3)25-11-13-27-14-12-25;/h16-17H,7-15H2,1-6H3,(H,23,26)(H2,21,22,24);1H. The molecule has 0 aromatic heterocycles. The summed E-state index contributed by atoms with van der Waals surface area (Å²) in [5, 5.41) is 9.41. The number of aliphatic imine (C=N–C) groups is 1. The van der Waals surface area contributed by atoms with Crippen LogP contribution in [0.4, 0.5) is 4.79 Å². The van der Waals surface area contributed by atoms with Crippen molar-refractivity contribution in [2.75, 3.05) is 52.5 Å². The van der Waals surface area contributed by atoms with Gasteiger partial charge in [0.05, 0.1) is 19.8 Å². The average molecular weight is 527 g/mol. The zero-order valence-electron chi connectivity index (χ0n) is 19.0. The summed E-state index contributed by atoms with van der Waals surface area (Å²) in [6, 6.07) is 0.410. The van der Waals surface area contributed by atoms with Gasteiger partial charge in [0.25, 0.3) is 0 Å². The van der Waals surface area contributed by atoms with Crippen LogP contribution in [0.3, 0.4) is 0 Å². The van der Waals surface area contributed by atoms with Crippen LogP contribution in [0, 0.1) is 5.92 Å². The van der Waals surface area contributed by atoms with Crippen molar-refractivity contribution in [2.45, 2.75) is 59.6 Å². The minimum atomic E-state index is -0.472. The van der Waals surface area contributed by atoms with Crippen LogP contribution < -0.4 is 16.0 Å². The van der Waals surface area contributed by atoms with Gasteiger partial charge in [-0.25, -0.2) is 4.79 Å². The van der Waals surface area contributed by atoms with Gasteiger partial charge >= 0.3 is 6.09 Å². The zero-order valence-corrected chi connectivity index (χ0v) is 21.4. The maximum atomic E-state index is 11.6. The number of carbonyl (C=O) groups excluding carboxylic acids is 1. The lowest BCUT2D eigenvalue weighted by atomic mass is 10.0. The van der Waals surface area contributed by atoms with Crippen molar-refractivity contribution in [3.05, 3.63) is 0 Å². The van der Waals surface area contributed by atoms with Gasteiger partial charge in [0.2, 0.25) is 0 Å². The first-order chi connectivity index (χ1) is 13.2. The van der Waals surface area contributed by atoms with Crippen molar-refractivity contribution in [3.8, 4) is 0 Å². The maximum Gasteiger partial charge on any atom is 0.407 e. The topological polar surface area (TPSA) is 87.2 Å². The third-order valence-electron chi connectivity index (χ3n) is 4.38. The molecule has 0 aliphatic carbocycles. The fourth-order valence-electron chi connectivity index (χ4n) is 2.98. The van der Waals surface area contributed by atoms with Crippen molar-refractivity contribution in [2.24, 2.45) is 10.9 Å². The predicted molar refractivity (Wildman–Crippen MR) is 129 cm³/mol. The Morgan fingerprint density at radius 2 is 1.76 bits per heavy atom. The van der Waals surface area contributed by atoms with E-state index in [1.54, 1.807) is 0 Å². The number of amides is 1. The summed E-state index contributed by atoms with van der Waals surface area (Å²) >= 11 is 0. The van der Waals surface area contributed by atoms with E-state index in [4.69, 9.17) is 14.5 Å². The molecule has 9 heteroatoms. The number of guanidine groups is 1. The third kappa shape index (κ3) is 13.2. The van der Waals surface area contributed by atoms with Crippen molar-refractivity contribution in [1.82, 2.24) is 20.9 Å². The van der Waals surface area contributed by atoms with Crippen LogP contribution in [0.5, 0.6) is 0 Å². The molecule has 0 bridgehead atoms. The van der Waals surface area contributed by atoms with Crippen molar-refractivity contribution in [3.63, 3.8) is 0 Å². The van der Waals surface area contributed by atoms with E-state index < -0.39 is 5.60 Å². The SMILES string of the molecule is CCNC(=NCC(C(C)C)N1CCOCC1)NCCCNC(=O)OC(C)(C)C.I. The minimum Gasteiger partial charge on any atom is -0.444 e. The van der Waals surface area contributed by atoms with Crippen molar-refractivity contribution < 1.29 is 14.3 Å². The van der Waals surface area contributed by atoms with E-state index in [1.807, 2.05) is 20.8 Å². The monoisotopic (exact) mass is 527 g/mol. The molecule has 29 heavy (non-hydrogen) atoms. The van der Waals surface area contributed by atoms with Gasteiger partial charge in [-0.2, -0.15) is 0 Å². The largest absolute Gasteiger partial charge is 0.444 e. The number of nitrogens with zero attached hydrogens (tertiary/aromatic N) is 2. The highest BCUT2D eigenvalue weighted by Crippen LogP contribution is 2.13. The van der Waals surface area contributed by atoms with Gasteiger partial charge in [0.1, 0.15) is 5.60 Å². The molecule has 8 nitrogen and oxygen atoms in total. The van der Waals surface area contributed by atoms with Crippen LogP contribution in [-0.4, -0.2) is 81.1 Å². The molecule has 1 amide bonds. The molecular formula is C20H42IN5O3. The molecule has 172 valence electrons. The number of carbonyl (C=O) groups is 1. The van der Waals surface area contributed by atoms with Crippen molar-refractivity contribution >= 4 is 36.0 Å². The molecule has 1 heterocycles. The number of hydrogen-bond donors (Lipinski definition) is 3. The van der Waals surface area contributed by atoms with Gasteiger partial charge in [0.15, 0.2) is 5.96 Å². The summed E-state index contributed by atoms with van der Waals surface area (Å²) < 4.78 is 10.7. The molecule has 0 aromatic rings. The first kappa shape index (κ1) is 28.2. The van der Waals surface area contributed by atoms with Gasteiger partial charge in [-0.15, -0.1) is 24.0 Å².